The molecule has 1 heterocycles. The van der Waals surface area contributed by atoms with Gasteiger partial charge in [-0.1, -0.05) is 42.6 Å². The van der Waals surface area contributed by atoms with E-state index in [2.05, 4.69) is 34.7 Å². The number of hydrogen-bond acceptors (Lipinski definition) is 1. The molecule has 1 saturated heterocycles. The highest BCUT2D eigenvalue weighted by atomic mass is 79.9. The third-order valence-electron chi connectivity index (χ3n) is 4.12. The van der Waals surface area contributed by atoms with Gasteiger partial charge in [0.05, 0.1) is 0 Å². The van der Waals surface area contributed by atoms with E-state index in [4.69, 9.17) is 0 Å². The topological polar surface area (TPSA) is 20.3 Å². The monoisotopic (exact) mass is 317 g/mol. The zero-order valence-corrected chi connectivity index (χ0v) is 13.5. The molecule has 1 aliphatic rings. The average molecular weight is 318 g/mol. The van der Waals surface area contributed by atoms with Crippen molar-refractivity contribution in [3.63, 3.8) is 0 Å². The fourth-order valence-corrected chi connectivity index (χ4v) is 3.51. The highest BCUT2D eigenvalue weighted by Gasteiger charge is 2.21. The van der Waals surface area contributed by atoms with Crippen LogP contribution in [0.25, 0.3) is 0 Å². The van der Waals surface area contributed by atoms with Gasteiger partial charge in [-0.2, -0.15) is 0 Å². The van der Waals surface area contributed by atoms with E-state index in [9.17, 15) is 4.79 Å². The number of nitrogens with zero attached hydrogens (tertiary/aromatic N) is 1. The summed E-state index contributed by atoms with van der Waals surface area (Å²) >= 11 is 3.48. The van der Waals surface area contributed by atoms with Crippen LogP contribution in [0, 0.1) is 11.8 Å². The third kappa shape index (κ3) is 5.73. The second kappa shape index (κ2) is 8.95. The number of rotatable bonds is 7. The average Bonchev–Trinajstić information content (AvgIpc) is 2.51. The van der Waals surface area contributed by atoms with Crippen molar-refractivity contribution in [3.05, 3.63) is 0 Å². The number of halogens is 1. The molecule has 0 N–H and O–H groups in total. The molecule has 0 bridgehead atoms. The maximum Gasteiger partial charge on any atom is 0.222 e. The van der Waals surface area contributed by atoms with Crippen LogP contribution in [0.1, 0.15) is 58.8 Å². The summed E-state index contributed by atoms with van der Waals surface area (Å²) in [6.45, 7) is 6.48. The van der Waals surface area contributed by atoms with Crippen molar-refractivity contribution in [1.29, 1.82) is 0 Å². The fraction of sp³-hybridized carbons (Fsp3) is 0.933. The van der Waals surface area contributed by atoms with E-state index in [1.54, 1.807) is 0 Å². The van der Waals surface area contributed by atoms with Gasteiger partial charge in [-0.15, -0.1) is 0 Å². The smallest absolute Gasteiger partial charge is 0.222 e. The van der Waals surface area contributed by atoms with E-state index >= 15 is 0 Å². The Hall–Kier alpha value is -0.0500. The van der Waals surface area contributed by atoms with Crippen molar-refractivity contribution in [2.75, 3.05) is 18.4 Å². The molecule has 1 aliphatic heterocycles. The van der Waals surface area contributed by atoms with Crippen LogP contribution in [0.4, 0.5) is 0 Å². The summed E-state index contributed by atoms with van der Waals surface area (Å²) in [6.07, 6.45) is 8.00. The Morgan fingerprint density at radius 3 is 2.83 bits per heavy atom. The first-order valence-electron chi connectivity index (χ1n) is 7.51. The van der Waals surface area contributed by atoms with Gasteiger partial charge in [0.1, 0.15) is 0 Å². The van der Waals surface area contributed by atoms with Crippen LogP contribution in [0.5, 0.6) is 0 Å². The predicted molar refractivity (Wildman–Crippen MR) is 81.0 cm³/mol. The molecule has 1 amide bonds. The molecule has 1 fully saturated rings. The van der Waals surface area contributed by atoms with Crippen LogP contribution in [0.3, 0.4) is 0 Å². The molecule has 0 aromatic rings. The first-order valence-corrected chi connectivity index (χ1v) is 8.63. The summed E-state index contributed by atoms with van der Waals surface area (Å²) in [7, 11) is 0. The Bertz CT molecular complexity index is 245. The highest BCUT2D eigenvalue weighted by molar-refractivity contribution is 9.09. The molecule has 18 heavy (non-hydrogen) atoms. The third-order valence-corrected chi connectivity index (χ3v) is 4.57. The lowest BCUT2D eigenvalue weighted by molar-refractivity contribution is -0.130. The first kappa shape index (κ1) is 16.0. The van der Waals surface area contributed by atoms with Gasteiger partial charge >= 0.3 is 0 Å². The van der Waals surface area contributed by atoms with Gasteiger partial charge in [0.2, 0.25) is 5.91 Å². The number of amides is 1. The summed E-state index contributed by atoms with van der Waals surface area (Å²) in [5.41, 5.74) is 0. The molecule has 0 aromatic heterocycles. The van der Waals surface area contributed by atoms with Crippen molar-refractivity contribution >= 4 is 21.8 Å². The lowest BCUT2D eigenvalue weighted by Crippen LogP contribution is -2.32. The predicted octanol–water partition coefficient (Wildman–Crippen LogP) is 4.23. The van der Waals surface area contributed by atoms with E-state index < -0.39 is 0 Å². The molecule has 0 aromatic carbocycles. The molecular formula is C15H28BrNO. The minimum Gasteiger partial charge on any atom is -0.343 e. The van der Waals surface area contributed by atoms with Crippen LogP contribution < -0.4 is 0 Å². The van der Waals surface area contributed by atoms with Gasteiger partial charge in [-0.25, -0.2) is 0 Å². The highest BCUT2D eigenvalue weighted by Crippen LogP contribution is 2.23. The van der Waals surface area contributed by atoms with Crippen LogP contribution in [0.2, 0.25) is 0 Å². The minimum atomic E-state index is 0.389. The standard InChI is InChI=1S/C15H28BrNO/c1-3-4-14-5-6-15(18)17(12-9-14)11-8-13(2)7-10-16/h13-14H,3-12H2,1-2H3. The summed E-state index contributed by atoms with van der Waals surface area (Å²) in [5, 5.41) is 1.07. The van der Waals surface area contributed by atoms with E-state index in [1.807, 2.05) is 0 Å². The van der Waals surface area contributed by atoms with Gasteiger partial charge in [-0.05, 0) is 37.5 Å². The van der Waals surface area contributed by atoms with E-state index in [1.165, 1.54) is 25.7 Å². The van der Waals surface area contributed by atoms with Crippen molar-refractivity contribution < 1.29 is 4.79 Å². The number of hydrogen-bond donors (Lipinski definition) is 0. The normalized spacial score (nSPS) is 22.9. The van der Waals surface area contributed by atoms with Crippen molar-refractivity contribution in [2.45, 2.75) is 58.8 Å². The SMILES string of the molecule is CCCC1CCC(=O)N(CCC(C)CCBr)CC1. The largest absolute Gasteiger partial charge is 0.343 e. The zero-order valence-electron chi connectivity index (χ0n) is 12.0. The van der Waals surface area contributed by atoms with Gasteiger partial charge in [-0.3, -0.25) is 4.79 Å². The molecule has 2 nitrogen and oxygen atoms in total. The van der Waals surface area contributed by atoms with Gasteiger partial charge in [0.25, 0.3) is 0 Å². The molecule has 3 heteroatoms. The van der Waals surface area contributed by atoms with Crippen LogP contribution in [0.15, 0.2) is 0 Å². The summed E-state index contributed by atoms with van der Waals surface area (Å²) in [5.74, 6) is 1.88. The maximum atomic E-state index is 12.1. The number of carbonyl (C=O) groups is 1. The molecule has 2 atom stereocenters. The van der Waals surface area contributed by atoms with E-state index in [0.29, 0.717) is 11.8 Å². The Morgan fingerprint density at radius 2 is 2.17 bits per heavy atom. The Morgan fingerprint density at radius 1 is 1.39 bits per heavy atom. The van der Waals surface area contributed by atoms with Crippen molar-refractivity contribution in [3.8, 4) is 0 Å². The number of likely N-dealkylation sites (tertiary alicyclic amines) is 1. The lowest BCUT2D eigenvalue weighted by atomic mass is 9.96. The summed E-state index contributed by atoms with van der Waals surface area (Å²) in [6, 6.07) is 0. The molecule has 0 saturated carbocycles. The number of alkyl halides is 1. The quantitative estimate of drug-likeness (QED) is 0.643. The molecule has 106 valence electrons. The van der Waals surface area contributed by atoms with E-state index in [-0.39, 0.29) is 0 Å². The fourth-order valence-electron chi connectivity index (χ4n) is 2.73. The van der Waals surface area contributed by atoms with Crippen molar-refractivity contribution in [2.24, 2.45) is 11.8 Å². The zero-order chi connectivity index (χ0) is 13.4. The Kier molecular flexibility index (Phi) is 7.96. The number of carbonyl (C=O) groups excluding carboxylic acids is 1. The van der Waals surface area contributed by atoms with Crippen LogP contribution in [-0.2, 0) is 4.79 Å². The molecular weight excluding hydrogens is 290 g/mol. The maximum absolute atomic E-state index is 12.1. The van der Waals surface area contributed by atoms with Gasteiger partial charge in [0, 0.05) is 24.8 Å². The molecule has 0 spiro atoms. The first-order chi connectivity index (χ1) is 8.67. The van der Waals surface area contributed by atoms with Gasteiger partial charge in [0.15, 0.2) is 0 Å². The van der Waals surface area contributed by atoms with Crippen molar-refractivity contribution in [1.82, 2.24) is 4.90 Å². The molecule has 0 aliphatic carbocycles. The minimum absolute atomic E-state index is 0.389. The molecule has 2 unspecified atom stereocenters. The molecule has 1 rings (SSSR count). The van der Waals surface area contributed by atoms with E-state index in [0.717, 1.165) is 43.6 Å². The van der Waals surface area contributed by atoms with Crippen LogP contribution in [-0.4, -0.2) is 29.2 Å². The lowest BCUT2D eigenvalue weighted by Gasteiger charge is -2.22. The second-order valence-corrected chi connectivity index (χ2v) is 6.53. The van der Waals surface area contributed by atoms with Crippen LogP contribution >= 0.6 is 15.9 Å². The Labute approximate surface area is 121 Å². The van der Waals surface area contributed by atoms with Gasteiger partial charge < -0.3 is 4.90 Å². The summed E-state index contributed by atoms with van der Waals surface area (Å²) in [4.78, 5) is 14.2. The Balaban J connectivity index is 2.34. The molecule has 0 radical (unpaired) electrons. The summed E-state index contributed by atoms with van der Waals surface area (Å²) < 4.78 is 0. The second-order valence-electron chi connectivity index (χ2n) is 5.73.